The van der Waals surface area contributed by atoms with Gasteiger partial charge >= 0.3 is 0 Å². The lowest BCUT2D eigenvalue weighted by atomic mass is 9.77. The maximum absolute atomic E-state index is 12.3. The van der Waals surface area contributed by atoms with E-state index in [0.29, 0.717) is 15.7 Å². The zero-order valence-corrected chi connectivity index (χ0v) is 12.6. The molecule has 1 aromatic carbocycles. The maximum Gasteiger partial charge on any atom is 0.242 e. The fourth-order valence-electron chi connectivity index (χ4n) is 2.50. The van der Waals surface area contributed by atoms with E-state index in [1.807, 2.05) is 0 Å². The van der Waals surface area contributed by atoms with Crippen LogP contribution in [0.5, 0.6) is 0 Å². The second kappa shape index (κ2) is 5.70. The minimum atomic E-state index is -0.195. The predicted molar refractivity (Wildman–Crippen MR) is 79.9 cm³/mol. The fourth-order valence-corrected chi connectivity index (χ4v) is 3.03. The van der Waals surface area contributed by atoms with Gasteiger partial charge in [-0.15, -0.1) is 0 Å². The van der Waals surface area contributed by atoms with E-state index >= 15 is 0 Å². The summed E-state index contributed by atoms with van der Waals surface area (Å²) in [7, 11) is 0. The number of nitrogens with one attached hydrogen (secondary N) is 2. The molecule has 0 bridgehead atoms. The Labute approximate surface area is 123 Å². The molecule has 1 unspecified atom stereocenters. The van der Waals surface area contributed by atoms with Gasteiger partial charge in [-0.05, 0) is 43.0 Å². The van der Waals surface area contributed by atoms with E-state index in [0.717, 1.165) is 19.4 Å². The zero-order chi connectivity index (χ0) is 14.0. The van der Waals surface area contributed by atoms with E-state index in [4.69, 9.17) is 23.2 Å². The van der Waals surface area contributed by atoms with Crippen LogP contribution in [0, 0.1) is 5.41 Å². The van der Waals surface area contributed by atoms with Gasteiger partial charge in [-0.2, -0.15) is 0 Å². The maximum atomic E-state index is 12.3. The van der Waals surface area contributed by atoms with Gasteiger partial charge in [0.15, 0.2) is 0 Å². The molecule has 104 valence electrons. The Hall–Kier alpha value is -0.770. The molecule has 1 atom stereocenters. The van der Waals surface area contributed by atoms with E-state index in [1.54, 1.807) is 18.2 Å². The molecular formula is C14H18Cl2N2O. The minimum Gasteiger partial charge on any atom is -0.325 e. The van der Waals surface area contributed by atoms with E-state index in [-0.39, 0.29) is 17.4 Å². The highest BCUT2D eigenvalue weighted by atomic mass is 35.5. The smallest absolute Gasteiger partial charge is 0.242 e. The van der Waals surface area contributed by atoms with Gasteiger partial charge in [-0.3, -0.25) is 4.79 Å². The van der Waals surface area contributed by atoms with Crippen LogP contribution in [0.3, 0.4) is 0 Å². The Morgan fingerprint density at radius 3 is 2.53 bits per heavy atom. The molecular weight excluding hydrogens is 283 g/mol. The summed E-state index contributed by atoms with van der Waals surface area (Å²) in [6.07, 6.45) is 2.13. The van der Waals surface area contributed by atoms with E-state index in [1.165, 1.54) is 0 Å². The third kappa shape index (κ3) is 3.62. The van der Waals surface area contributed by atoms with Crippen LogP contribution in [0.1, 0.15) is 26.7 Å². The van der Waals surface area contributed by atoms with Gasteiger partial charge in [0.1, 0.15) is 0 Å². The van der Waals surface area contributed by atoms with Crippen molar-refractivity contribution >= 4 is 34.8 Å². The number of piperidine rings is 1. The van der Waals surface area contributed by atoms with Crippen LogP contribution in [0.4, 0.5) is 5.69 Å². The van der Waals surface area contributed by atoms with Crippen molar-refractivity contribution < 1.29 is 4.79 Å². The van der Waals surface area contributed by atoms with Crippen LogP contribution in [0.2, 0.25) is 10.0 Å². The van der Waals surface area contributed by atoms with E-state index in [2.05, 4.69) is 24.5 Å². The van der Waals surface area contributed by atoms with Gasteiger partial charge in [0.25, 0.3) is 0 Å². The topological polar surface area (TPSA) is 41.1 Å². The highest BCUT2D eigenvalue weighted by molar-refractivity contribution is 6.35. The second-order valence-corrected chi connectivity index (χ2v) is 6.50. The first kappa shape index (κ1) is 14.6. The summed E-state index contributed by atoms with van der Waals surface area (Å²) in [5.74, 6) is -0.0389. The average molecular weight is 301 g/mol. The number of amides is 1. The average Bonchev–Trinajstić information content (AvgIpc) is 2.26. The highest BCUT2D eigenvalue weighted by Crippen LogP contribution is 2.31. The molecule has 1 amide bonds. The van der Waals surface area contributed by atoms with Crippen LogP contribution < -0.4 is 10.6 Å². The lowest BCUT2D eigenvalue weighted by molar-refractivity contribution is -0.121. The summed E-state index contributed by atoms with van der Waals surface area (Å²) >= 11 is 11.8. The molecule has 0 aliphatic carbocycles. The van der Waals surface area contributed by atoms with Gasteiger partial charge in [0.05, 0.1) is 6.04 Å². The zero-order valence-electron chi connectivity index (χ0n) is 11.1. The molecule has 0 radical (unpaired) electrons. The summed E-state index contributed by atoms with van der Waals surface area (Å²) in [5, 5.41) is 7.18. The van der Waals surface area contributed by atoms with Crippen LogP contribution in [0.25, 0.3) is 0 Å². The Morgan fingerprint density at radius 2 is 1.95 bits per heavy atom. The number of benzene rings is 1. The first-order valence-corrected chi connectivity index (χ1v) is 7.14. The van der Waals surface area contributed by atoms with E-state index in [9.17, 15) is 4.79 Å². The van der Waals surface area contributed by atoms with Crippen molar-refractivity contribution in [2.24, 2.45) is 5.41 Å². The van der Waals surface area contributed by atoms with Crippen molar-refractivity contribution in [3.8, 4) is 0 Å². The Morgan fingerprint density at radius 1 is 1.32 bits per heavy atom. The van der Waals surface area contributed by atoms with Crippen LogP contribution in [-0.4, -0.2) is 18.5 Å². The molecule has 2 N–H and O–H groups in total. The lowest BCUT2D eigenvalue weighted by Crippen LogP contribution is -2.53. The van der Waals surface area contributed by atoms with Crippen LogP contribution >= 0.6 is 23.2 Å². The molecule has 1 aliphatic rings. The molecule has 5 heteroatoms. The Kier molecular flexibility index (Phi) is 4.39. The molecule has 0 saturated carbocycles. The number of hydrogen-bond donors (Lipinski definition) is 2. The molecule has 1 aromatic rings. The first-order chi connectivity index (χ1) is 8.88. The number of anilines is 1. The van der Waals surface area contributed by atoms with Gasteiger partial charge in [-0.1, -0.05) is 37.0 Å². The number of hydrogen-bond acceptors (Lipinski definition) is 2. The second-order valence-electron chi connectivity index (χ2n) is 5.63. The highest BCUT2D eigenvalue weighted by Gasteiger charge is 2.37. The largest absolute Gasteiger partial charge is 0.325 e. The monoisotopic (exact) mass is 300 g/mol. The summed E-state index contributed by atoms with van der Waals surface area (Å²) in [4.78, 5) is 12.3. The Balaban J connectivity index is 2.12. The molecule has 3 nitrogen and oxygen atoms in total. The summed E-state index contributed by atoms with van der Waals surface area (Å²) in [5.41, 5.74) is 0.579. The van der Waals surface area contributed by atoms with Gasteiger partial charge in [-0.25, -0.2) is 0 Å². The molecule has 19 heavy (non-hydrogen) atoms. The molecule has 0 aromatic heterocycles. The number of carbonyl (C=O) groups excluding carboxylic acids is 1. The van der Waals surface area contributed by atoms with Crippen molar-refractivity contribution in [3.63, 3.8) is 0 Å². The number of rotatable bonds is 2. The van der Waals surface area contributed by atoms with Crippen molar-refractivity contribution in [3.05, 3.63) is 28.2 Å². The number of carbonyl (C=O) groups is 1. The number of halogens is 2. The van der Waals surface area contributed by atoms with Gasteiger partial charge < -0.3 is 10.6 Å². The van der Waals surface area contributed by atoms with Crippen molar-refractivity contribution in [1.82, 2.24) is 5.32 Å². The summed E-state index contributed by atoms with van der Waals surface area (Å²) in [6.45, 7) is 5.08. The molecule has 1 fully saturated rings. The molecule has 1 aliphatic heterocycles. The predicted octanol–water partition coefficient (Wildman–Crippen LogP) is 3.71. The minimum absolute atomic E-state index is 0.0389. The molecule has 1 saturated heterocycles. The van der Waals surface area contributed by atoms with Crippen molar-refractivity contribution in [2.45, 2.75) is 32.7 Å². The molecule has 0 spiro atoms. The third-order valence-electron chi connectivity index (χ3n) is 3.52. The molecule has 1 heterocycles. The first-order valence-electron chi connectivity index (χ1n) is 6.39. The van der Waals surface area contributed by atoms with Gasteiger partial charge in [0, 0.05) is 15.7 Å². The summed E-state index contributed by atoms with van der Waals surface area (Å²) < 4.78 is 0. The standard InChI is InChI=1S/C14H18Cl2N2O/c1-14(2)4-3-5-17-12(14)13(19)18-11-7-9(15)6-10(16)8-11/h6-8,12,17H,3-5H2,1-2H3,(H,18,19). The van der Waals surface area contributed by atoms with Gasteiger partial charge in [0.2, 0.25) is 5.91 Å². The van der Waals surface area contributed by atoms with Crippen molar-refractivity contribution in [2.75, 3.05) is 11.9 Å². The fraction of sp³-hybridized carbons (Fsp3) is 0.500. The molecule has 2 rings (SSSR count). The lowest BCUT2D eigenvalue weighted by Gasteiger charge is -2.38. The van der Waals surface area contributed by atoms with E-state index < -0.39 is 0 Å². The summed E-state index contributed by atoms with van der Waals surface area (Å²) in [6, 6.07) is 4.84. The normalized spacial score (nSPS) is 22.0. The Bertz CT molecular complexity index is 468. The quantitative estimate of drug-likeness (QED) is 0.874. The van der Waals surface area contributed by atoms with Crippen LogP contribution in [0.15, 0.2) is 18.2 Å². The third-order valence-corrected chi connectivity index (χ3v) is 3.96. The van der Waals surface area contributed by atoms with Crippen LogP contribution in [-0.2, 0) is 4.79 Å². The van der Waals surface area contributed by atoms with Crippen molar-refractivity contribution in [1.29, 1.82) is 0 Å². The SMILES string of the molecule is CC1(C)CCCNC1C(=O)Nc1cc(Cl)cc(Cl)c1.